The number of ether oxygens (including phenoxy) is 2. The van der Waals surface area contributed by atoms with Gasteiger partial charge in [-0.25, -0.2) is 0 Å². The Labute approximate surface area is 198 Å². The first-order valence-corrected chi connectivity index (χ1v) is 11.6. The van der Waals surface area contributed by atoms with Crippen molar-refractivity contribution >= 4 is 17.5 Å². The van der Waals surface area contributed by atoms with Gasteiger partial charge in [-0.1, -0.05) is 6.92 Å². The van der Waals surface area contributed by atoms with E-state index in [0.717, 1.165) is 12.8 Å². The van der Waals surface area contributed by atoms with E-state index in [0.29, 0.717) is 18.0 Å². The maximum absolute atomic E-state index is 13.3. The van der Waals surface area contributed by atoms with Crippen molar-refractivity contribution in [2.75, 3.05) is 45.7 Å². The number of alkyl halides is 3. The van der Waals surface area contributed by atoms with Crippen LogP contribution in [-0.4, -0.2) is 80.3 Å². The molecular weight excluding hydrogens is 451 g/mol. The lowest BCUT2D eigenvalue weighted by Crippen LogP contribution is -2.47. The molecule has 1 saturated carbocycles. The van der Waals surface area contributed by atoms with E-state index in [1.54, 1.807) is 30.1 Å². The number of carbonyl (C=O) groups is 2. The Hall–Kier alpha value is -2.33. The zero-order valence-electron chi connectivity index (χ0n) is 20.2. The molecule has 1 N–H and O–H groups in total. The SMILES string of the molecule is CO[C@H]1CN(C)C(=O)c2cc(NC(=O)C3CC3)ccc2OC[C@@H](C)N(CCC(F)(F)F)C[C@H]1C. The van der Waals surface area contributed by atoms with E-state index in [2.05, 4.69) is 5.32 Å². The van der Waals surface area contributed by atoms with E-state index in [9.17, 15) is 22.8 Å². The average molecular weight is 486 g/mol. The molecule has 34 heavy (non-hydrogen) atoms. The molecule has 0 radical (unpaired) electrons. The molecule has 1 heterocycles. The first-order valence-electron chi connectivity index (χ1n) is 11.6. The Morgan fingerprint density at radius 2 is 1.94 bits per heavy atom. The normalized spacial score (nSPS) is 25.1. The van der Waals surface area contributed by atoms with Crippen LogP contribution in [-0.2, 0) is 9.53 Å². The van der Waals surface area contributed by atoms with Gasteiger partial charge in [-0.15, -0.1) is 0 Å². The first-order chi connectivity index (χ1) is 16.0. The summed E-state index contributed by atoms with van der Waals surface area (Å²) in [5.74, 6) is -0.139. The van der Waals surface area contributed by atoms with Crippen LogP contribution in [0.3, 0.4) is 0 Å². The zero-order valence-corrected chi connectivity index (χ0v) is 20.2. The predicted octanol–water partition coefficient (Wildman–Crippen LogP) is 3.79. The van der Waals surface area contributed by atoms with Crippen LogP contribution < -0.4 is 10.1 Å². The number of carbonyl (C=O) groups excluding carboxylic acids is 2. The summed E-state index contributed by atoms with van der Waals surface area (Å²) in [6, 6.07) is 4.57. The van der Waals surface area contributed by atoms with Crippen molar-refractivity contribution < 1.29 is 32.2 Å². The minimum atomic E-state index is -4.26. The van der Waals surface area contributed by atoms with E-state index in [1.807, 2.05) is 13.8 Å². The molecule has 0 aromatic heterocycles. The molecule has 190 valence electrons. The summed E-state index contributed by atoms with van der Waals surface area (Å²) in [6.45, 7) is 4.32. The van der Waals surface area contributed by atoms with Gasteiger partial charge in [0.1, 0.15) is 12.4 Å². The van der Waals surface area contributed by atoms with Crippen molar-refractivity contribution in [3.63, 3.8) is 0 Å². The summed E-state index contributed by atoms with van der Waals surface area (Å²) in [5.41, 5.74) is 0.790. The number of fused-ring (bicyclic) bond motifs is 1. The number of likely N-dealkylation sites (N-methyl/N-ethyl adjacent to an activating group) is 1. The molecule has 1 aromatic carbocycles. The Balaban J connectivity index is 1.88. The number of amides is 2. The molecule has 0 unspecified atom stereocenters. The Bertz CT molecular complexity index is 876. The highest BCUT2D eigenvalue weighted by Crippen LogP contribution is 2.32. The maximum atomic E-state index is 13.3. The van der Waals surface area contributed by atoms with Gasteiger partial charge in [0, 0.05) is 51.4 Å². The van der Waals surface area contributed by atoms with Crippen molar-refractivity contribution in [2.45, 2.75) is 51.4 Å². The van der Waals surface area contributed by atoms with Gasteiger partial charge in [0.2, 0.25) is 5.91 Å². The monoisotopic (exact) mass is 485 g/mol. The molecule has 3 rings (SSSR count). The molecular formula is C24H34F3N3O4. The molecule has 10 heteroatoms. The second-order valence-electron chi connectivity index (χ2n) is 9.43. The molecule has 2 amide bonds. The molecule has 0 spiro atoms. The molecule has 7 nitrogen and oxygen atoms in total. The molecule has 1 aliphatic carbocycles. The molecule has 1 aliphatic heterocycles. The number of hydrogen-bond acceptors (Lipinski definition) is 5. The summed E-state index contributed by atoms with van der Waals surface area (Å²) in [4.78, 5) is 28.8. The lowest BCUT2D eigenvalue weighted by Gasteiger charge is -2.36. The van der Waals surface area contributed by atoms with E-state index < -0.39 is 12.6 Å². The fourth-order valence-corrected chi connectivity index (χ4v) is 4.10. The third-order valence-corrected chi connectivity index (χ3v) is 6.47. The fourth-order valence-electron chi connectivity index (χ4n) is 4.10. The largest absolute Gasteiger partial charge is 0.491 e. The molecule has 3 atom stereocenters. The predicted molar refractivity (Wildman–Crippen MR) is 122 cm³/mol. The van der Waals surface area contributed by atoms with Crippen molar-refractivity contribution in [3.8, 4) is 5.75 Å². The number of benzene rings is 1. The van der Waals surface area contributed by atoms with Crippen molar-refractivity contribution in [3.05, 3.63) is 23.8 Å². The lowest BCUT2D eigenvalue weighted by molar-refractivity contribution is -0.140. The number of methoxy groups -OCH3 is 1. The topological polar surface area (TPSA) is 71.1 Å². The average Bonchev–Trinajstić information content (AvgIpc) is 3.62. The van der Waals surface area contributed by atoms with E-state index in [4.69, 9.17) is 9.47 Å². The van der Waals surface area contributed by atoms with Crippen LogP contribution in [0.1, 0.15) is 43.5 Å². The van der Waals surface area contributed by atoms with Crippen LogP contribution in [0.25, 0.3) is 0 Å². The van der Waals surface area contributed by atoms with Gasteiger partial charge in [-0.3, -0.25) is 14.5 Å². The van der Waals surface area contributed by atoms with Crippen LogP contribution in [0.5, 0.6) is 5.75 Å². The maximum Gasteiger partial charge on any atom is 0.390 e. The number of rotatable bonds is 5. The van der Waals surface area contributed by atoms with E-state index >= 15 is 0 Å². The minimum Gasteiger partial charge on any atom is -0.491 e. The van der Waals surface area contributed by atoms with Crippen LogP contribution in [0.4, 0.5) is 18.9 Å². The Morgan fingerprint density at radius 3 is 2.56 bits per heavy atom. The summed E-state index contributed by atoms with van der Waals surface area (Å²) in [6.07, 6.45) is -3.81. The minimum absolute atomic E-state index is 0.0167. The number of nitrogens with zero attached hydrogens (tertiary/aromatic N) is 2. The highest BCUT2D eigenvalue weighted by molar-refractivity contribution is 6.00. The summed E-state index contributed by atoms with van der Waals surface area (Å²) < 4.78 is 50.4. The lowest BCUT2D eigenvalue weighted by atomic mass is 10.0. The van der Waals surface area contributed by atoms with Gasteiger partial charge < -0.3 is 19.7 Å². The third kappa shape index (κ3) is 7.09. The third-order valence-electron chi connectivity index (χ3n) is 6.47. The van der Waals surface area contributed by atoms with Crippen LogP contribution in [0.2, 0.25) is 0 Å². The van der Waals surface area contributed by atoms with Crippen LogP contribution in [0.15, 0.2) is 18.2 Å². The zero-order chi connectivity index (χ0) is 25.0. The fraction of sp³-hybridized carbons (Fsp3) is 0.667. The highest BCUT2D eigenvalue weighted by atomic mass is 19.4. The summed E-state index contributed by atoms with van der Waals surface area (Å²) in [5, 5.41) is 2.84. The van der Waals surface area contributed by atoms with Gasteiger partial charge >= 0.3 is 6.18 Å². The van der Waals surface area contributed by atoms with Gasteiger partial charge in [-0.2, -0.15) is 13.2 Å². The quantitative estimate of drug-likeness (QED) is 0.687. The Kier molecular flexibility index (Phi) is 8.46. The van der Waals surface area contributed by atoms with Crippen molar-refractivity contribution in [1.82, 2.24) is 9.80 Å². The molecule has 0 bridgehead atoms. The van der Waals surface area contributed by atoms with Gasteiger partial charge in [0.25, 0.3) is 5.91 Å². The smallest absolute Gasteiger partial charge is 0.390 e. The molecule has 1 fully saturated rings. The summed E-state index contributed by atoms with van der Waals surface area (Å²) in [7, 11) is 3.19. The van der Waals surface area contributed by atoms with Gasteiger partial charge in [-0.05, 0) is 43.9 Å². The molecule has 2 aliphatic rings. The first kappa shape index (κ1) is 26.3. The number of hydrogen-bond donors (Lipinski definition) is 1. The van der Waals surface area contributed by atoms with Gasteiger partial charge in [0.15, 0.2) is 0 Å². The second-order valence-corrected chi connectivity index (χ2v) is 9.43. The van der Waals surface area contributed by atoms with Crippen molar-refractivity contribution in [1.29, 1.82) is 0 Å². The Morgan fingerprint density at radius 1 is 1.24 bits per heavy atom. The van der Waals surface area contributed by atoms with E-state index in [1.165, 1.54) is 12.0 Å². The standard InChI is InChI=1S/C24H34F3N3O4/c1-15-12-30(10-9-24(25,26)27)16(2)14-34-20-8-7-18(28-22(31)17-5-6-17)11-19(20)23(32)29(3)13-21(15)33-4/h7-8,11,15-17,21H,5-6,9-10,12-14H2,1-4H3,(H,28,31)/t15-,16-,21+/m1/s1. The second kappa shape index (κ2) is 10.9. The summed E-state index contributed by atoms with van der Waals surface area (Å²) >= 11 is 0. The highest BCUT2D eigenvalue weighted by Gasteiger charge is 2.33. The number of anilines is 1. The number of nitrogens with one attached hydrogen (secondary N) is 1. The van der Waals surface area contributed by atoms with Crippen molar-refractivity contribution in [2.24, 2.45) is 11.8 Å². The van der Waals surface area contributed by atoms with E-state index in [-0.39, 0.29) is 61.1 Å². The molecule has 1 aromatic rings. The van der Waals surface area contributed by atoms with Crippen LogP contribution >= 0.6 is 0 Å². The van der Waals surface area contributed by atoms with Crippen LogP contribution in [0, 0.1) is 11.8 Å². The molecule has 0 saturated heterocycles. The number of halogens is 3. The van der Waals surface area contributed by atoms with Gasteiger partial charge in [0.05, 0.1) is 18.1 Å².